The van der Waals surface area contributed by atoms with Crippen molar-refractivity contribution in [2.24, 2.45) is 0 Å². The van der Waals surface area contributed by atoms with E-state index in [-0.39, 0.29) is 11.1 Å². The average Bonchev–Trinajstić information content (AvgIpc) is 3.18. The molecule has 0 aliphatic heterocycles. The van der Waals surface area contributed by atoms with E-state index < -0.39 is 5.41 Å². The molecule has 0 saturated carbocycles. The lowest BCUT2D eigenvalue weighted by atomic mass is 9.93. The van der Waals surface area contributed by atoms with E-state index >= 15 is 0 Å². The minimum absolute atomic E-state index is 0.104. The fourth-order valence-electron chi connectivity index (χ4n) is 2.32. The van der Waals surface area contributed by atoms with Crippen LogP contribution in [0.15, 0.2) is 31.6 Å². The number of thioether (sulfide) groups is 1. The Kier molecular flexibility index (Phi) is 4.16. The standard InChI is InChI=1S/C15H14N6O2S3/c1-15(2,3)10-11(23)21-13(18-17-10)26-14(19-21)25-7-8-6-9(22)20-4-5-24-12(20)16-8/h4-6H,7H2,1-3H3. The van der Waals surface area contributed by atoms with Crippen LogP contribution in [0.2, 0.25) is 0 Å². The molecule has 0 atom stereocenters. The predicted octanol–water partition coefficient (Wildman–Crippen LogP) is 2.21. The Morgan fingerprint density at radius 1 is 1.19 bits per heavy atom. The van der Waals surface area contributed by atoms with Crippen LogP contribution in [0.5, 0.6) is 0 Å². The number of nitrogens with zero attached hydrogens (tertiary/aromatic N) is 6. The van der Waals surface area contributed by atoms with Crippen LogP contribution in [0.4, 0.5) is 0 Å². The highest BCUT2D eigenvalue weighted by Crippen LogP contribution is 2.26. The number of fused-ring (bicyclic) bond motifs is 2. The van der Waals surface area contributed by atoms with Crippen LogP contribution in [-0.2, 0) is 11.2 Å². The number of thiazole rings is 1. The molecule has 11 heteroatoms. The second-order valence-corrected chi connectivity index (χ2v) is 9.65. The Labute approximate surface area is 159 Å². The third kappa shape index (κ3) is 3.06. The maximum absolute atomic E-state index is 12.6. The van der Waals surface area contributed by atoms with Gasteiger partial charge >= 0.3 is 0 Å². The van der Waals surface area contributed by atoms with Crippen LogP contribution in [-0.4, -0.2) is 29.2 Å². The van der Waals surface area contributed by atoms with Gasteiger partial charge in [-0.1, -0.05) is 43.9 Å². The van der Waals surface area contributed by atoms with Gasteiger partial charge in [0.25, 0.3) is 11.1 Å². The normalized spacial score (nSPS) is 12.3. The van der Waals surface area contributed by atoms with E-state index in [9.17, 15) is 9.59 Å². The summed E-state index contributed by atoms with van der Waals surface area (Å²) in [6, 6.07) is 1.52. The molecule has 4 aromatic rings. The molecular formula is C15H14N6O2S3. The second kappa shape index (κ2) is 6.25. The van der Waals surface area contributed by atoms with E-state index in [2.05, 4.69) is 20.3 Å². The van der Waals surface area contributed by atoms with Crippen molar-refractivity contribution >= 4 is 44.4 Å². The van der Waals surface area contributed by atoms with E-state index in [0.717, 1.165) is 0 Å². The van der Waals surface area contributed by atoms with Gasteiger partial charge in [-0.3, -0.25) is 14.0 Å². The van der Waals surface area contributed by atoms with E-state index in [1.165, 1.54) is 49.4 Å². The number of aromatic nitrogens is 6. The molecule has 0 fully saturated rings. The summed E-state index contributed by atoms with van der Waals surface area (Å²) >= 11 is 4.12. The Morgan fingerprint density at radius 2 is 2.00 bits per heavy atom. The molecule has 26 heavy (non-hydrogen) atoms. The van der Waals surface area contributed by atoms with Gasteiger partial charge in [0.05, 0.1) is 5.69 Å². The van der Waals surface area contributed by atoms with E-state index in [1.807, 2.05) is 26.2 Å². The quantitative estimate of drug-likeness (QED) is 0.481. The van der Waals surface area contributed by atoms with E-state index in [4.69, 9.17) is 0 Å². The van der Waals surface area contributed by atoms with Gasteiger partial charge in [0.15, 0.2) is 9.30 Å². The Balaban J connectivity index is 1.64. The van der Waals surface area contributed by atoms with Crippen LogP contribution in [0.3, 0.4) is 0 Å². The summed E-state index contributed by atoms with van der Waals surface area (Å²) in [6.45, 7) is 5.74. The van der Waals surface area contributed by atoms with Gasteiger partial charge in [0.1, 0.15) is 5.69 Å². The maximum Gasteiger partial charge on any atom is 0.297 e. The Hall–Kier alpha value is -2.11. The maximum atomic E-state index is 12.6. The minimum Gasteiger partial charge on any atom is -0.269 e. The van der Waals surface area contributed by atoms with Crippen molar-refractivity contribution in [3.63, 3.8) is 0 Å². The summed E-state index contributed by atoms with van der Waals surface area (Å²) in [5.41, 5.74) is 0.310. The fraction of sp³-hybridized carbons (Fsp3) is 0.333. The first-order valence-corrected chi connectivity index (χ1v) is 10.4. The Bertz CT molecular complexity index is 1230. The topological polar surface area (TPSA) is 94.5 Å². The SMILES string of the molecule is CC(C)(C)c1nnc2sc(SCc3cc(=O)n4ccsc4n3)nn2c1=O. The van der Waals surface area contributed by atoms with E-state index in [1.54, 1.807) is 6.20 Å². The minimum atomic E-state index is -0.398. The summed E-state index contributed by atoms with van der Waals surface area (Å²) in [5, 5.41) is 14.4. The molecule has 8 nitrogen and oxygen atoms in total. The smallest absolute Gasteiger partial charge is 0.269 e. The first-order chi connectivity index (χ1) is 12.3. The molecule has 4 rings (SSSR count). The molecule has 0 aliphatic rings. The molecular weight excluding hydrogens is 392 g/mol. The van der Waals surface area contributed by atoms with Crippen molar-refractivity contribution in [1.29, 1.82) is 0 Å². The van der Waals surface area contributed by atoms with Crippen molar-refractivity contribution in [3.8, 4) is 0 Å². The first-order valence-electron chi connectivity index (χ1n) is 7.68. The predicted molar refractivity (Wildman–Crippen MR) is 103 cm³/mol. The van der Waals surface area contributed by atoms with Gasteiger partial charge in [-0.05, 0) is 0 Å². The molecule has 0 spiro atoms. The van der Waals surface area contributed by atoms with Crippen molar-refractivity contribution in [2.75, 3.05) is 0 Å². The Morgan fingerprint density at radius 3 is 2.77 bits per heavy atom. The molecule has 0 bridgehead atoms. The van der Waals surface area contributed by atoms with Crippen LogP contribution in [0.1, 0.15) is 32.2 Å². The largest absolute Gasteiger partial charge is 0.297 e. The molecule has 0 unspecified atom stereocenters. The molecule has 134 valence electrons. The van der Waals surface area contributed by atoms with Crippen LogP contribution in [0.25, 0.3) is 9.92 Å². The average molecular weight is 407 g/mol. The highest BCUT2D eigenvalue weighted by atomic mass is 32.2. The van der Waals surface area contributed by atoms with Crippen molar-refractivity contribution in [2.45, 2.75) is 36.3 Å². The third-order valence-electron chi connectivity index (χ3n) is 3.58. The summed E-state index contributed by atoms with van der Waals surface area (Å²) < 4.78 is 3.49. The van der Waals surface area contributed by atoms with Gasteiger partial charge < -0.3 is 0 Å². The van der Waals surface area contributed by atoms with Gasteiger partial charge in [0.2, 0.25) is 4.96 Å². The van der Waals surface area contributed by atoms with E-state index in [0.29, 0.717) is 31.4 Å². The molecule has 0 saturated heterocycles. The lowest BCUT2D eigenvalue weighted by Gasteiger charge is -2.14. The van der Waals surface area contributed by atoms with Gasteiger partial charge in [-0.2, -0.15) is 4.52 Å². The molecule has 4 heterocycles. The van der Waals surface area contributed by atoms with Crippen LogP contribution < -0.4 is 11.1 Å². The zero-order valence-corrected chi connectivity index (χ0v) is 16.6. The molecule has 0 aliphatic carbocycles. The number of hydrogen-bond acceptors (Lipinski definition) is 9. The second-order valence-electron chi connectivity index (χ2n) is 6.60. The molecule has 0 radical (unpaired) electrons. The summed E-state index contributed by atoms with van der Waals surface area (Å²) in [7, 11) is 0. The van der Waals surface area contributed by atoms with Gasteiger partial charge in [0, 0.05) is 28.8 Å². The zero-order chi connectivity index (χ0) is 18.5. The summed E-state index contributed by atoms with van der Waals surface area (Å²) in [5.74, 6) is 0.484. The fourth-order valence-corrected chi connectivity index (χ4v) is 4.83. The number of hydrogen-bond donors (Lipinski definition) is 0. The monoisotopic (exact) mass is 406 g/mol. The van der Waals surface area contributed by atoms with Crippen LogP contribution >= 0.6 is 34.4 Å². The van der Waals surface area contributed by atoms with Crippen molar-refractivity contribution in [1.82, 2.24) is 29.2 Å². The van der Waals surface area contributed by atoms with Crippen molar-refractivity contribution in [3.05, 3.63) is 49.7 Å². The zero-order valence-electron chi connectivity index (χ0n) is 14.2. The summed E-state index contributed by atoms with van der Waals surface area (Å²) in [4.78, 5) is 30.2. The molecule has 0 aromatic carbocycles. The lowest BCUT2D eigenvalue weighted by Crippen LogP contribution is -2.30. The molecule has 0 N–H and O–H groups in total. The van der Waals surface area contributed by atoms with Crippen LogP contribution in [0, 0.1) is 0 Å². The highest BCUT2D eigenvalue weighted by Gasteiger charge is 2.23. The van der Waals surface area contributed by atoms with Crippen molar-refractivity contribution < 1.29 is 0 Å². The lowest BCUT2D eigenvalue weighted by molar-refractivity contribution is 0.541. The highest BCUT2D eigenvalue weighted by molar-refractivity contribution is 8.00. The molecule has 4 aromatic heterocycles. The summed E-state index contributed by atoms with van der Waals surface area (Å²) in [6.07, 6.45) is 1.71. The van der Waals surface area contributed by atoms with Gasteiger partial charge in [-0.15, -0.1) is 26.6 Å². The first kappa shape index (κ1) is 17.3. The number of rotatable bonds is 3. The van der Waals surface area contributed by atoms with Gasteiger partial charge in [-0.25, -0.2) is 4.98 Å². The third-order valence-corrected chi connectivity index (χ3v) is 6.40. The molecule has 0 amide bonds.